The number of methoxy groups -OCH3 is 1. The highest BCUT2D eigenvalue weighted by atomic mass is 16.5. The van der Waals surface area contributed by atoms with E-state index in [9.17, 15) is 9.59 Å². The van der Waals surface area contributed by atoms with Gasteiger partial charge in [0.2, 0.25) is 11.8 Å². The Bertz CT molecular complexity index is 607. The Hall–Kier alpha value is -2.04. The molecular formula is C20H30N2O3. The van der Waals surface area contributed by atoms with E-state index in [0.717, 1.165) is 30.6 Å². The first-order valence-corrected chi connectivity index (χ1v) is 9.04. The summed E-state index contributed by atoms with van der Waals surface area (Å²) in [7, 11) is 1.64. The van der Waals surface area contributed by atoms with E-state index in [2.05, 4.69) is 5.32 Å². The van der Waals surface area contributed by atoms with Crippen LogP contribution in [0.25, 0.3) is 0 Å². The smallest absolute Gasteiger partial charge is 0.243 e. The van der Waals surface area contributed by atoms with Crippen LogP contribution >= 0.6 is 0 Å². The van der Waals surface area contributed by atoms with Gasteiger partial charge in [0.05, 0.1) is 7.11 Å². The van der Waals surface area contributed by atoms with E-state index in [1.807, 2.05) is 45.0 Å². The third kappa shape index (κ3) is 5.76. The summed E-state index contributed by atoms with van der Waals surface area (Å²) in [5, 5.41) is 3.01. The van der Waals surface area contributed by atoms with Gasteiger partial charge in [-0.1, -0.05) is 12.1 Å². The third-order valence-electron chi connectivity index (χ3n) is 4.39. The zero-order valence-electron chi connectivity index (χ0n) is 15.8. The fourth-order valence-corrected chi connectivity index (χ4v) is 3.18. The minimum Gasteiger partial charge on any atom is -0.497 e. The van der Waals surface area contributed by atoms with Crippen LogP contribution in [-0.2, 0) is 16.0 Å². The zero-order chi connectivity index (χ0) is 18.4. The largest absolute Gasteiger partial charge is 0.497 e. The molecule has 1 fully saturated rings. The van der Waals surface area contributed by atoms with Gasteiger partial charge >= 0.3 is 0 Å². The number of piperidine rings is 1. The SMILES string of the molecule is COc1cccc(CCC(=O)N2CCCC[C@H]2C(=O)NC(C)(C)C)c1. The molecule has 2 amide bonds. The first kappa shape index (κ1) is 19.3. The number of ether oxygens (including phenoxy) is 1. The van der Waals surface area contributed by atoms with E-state index in [-0.39, 0.29) is 23.4 Å². The Balaban J connectivity index is 1.98. The highest BCUT2D eigenvalue weighted by molar-refractivity contribution is 5.88. The topological polar surface area (TPSA) is 58.6 Å². The van der Waals surface area contributed by atoms with Gasteiger partial charge in [-0.3, -0.25) is 9.59 Å². The zero-order valence-corrected chi connectivity index (χ0v) is 15.8. The molecule has 0 bridgehead atoms. The normalized spacial score (nSPS) is 17.9. The van der Waals surface area contributed by atoms with Crippen molar-refractivity contribution in [1.29, 1.82) is 0 Å². The summed E-state index contributed by atoms with van der Waals surface area (Å²) in [6.07, 6.45) is 3.76. The van der Waals surface area contributed by atoms with Gasteiger partial charge in [0.25, 0.3) is 0 Å². The fraction of sp³-hybridized carbons (Fsp3) is 0.600. The van der Waals surface area contributed by atoms with Crippen molar-refractivity contribution in [2.45, 2.75) is 64.5 Å². The average molecular weight is 346 g/mol. The van der Waals surface area contributed by atoms with Gasteiger partial charge in [-0.15, -0.1) is 0 Å². The maximum atomic E-state index is 12.7. The molecule has 1 N–H and O–H groups in total. The lowest BCUT2D eigenvalue weighted by Crippen LogP contribution is -2.55. The van der Waals surface area contributed by atoms with Crippen molar-refractivity contribution in [3.05, 3.63) is 29.8 Å². The Morgan fingerprint density at radius 3 is 2.72 bits per heavy atom. The van der Waals surface area contributed by atoms with Gasteiger partial charge in [0.15, 0.2) is 0 Å². The van der Waals surface area contributed by atoms with Gasteiger partial charge in [0.1, 0.15) is 11.8 Å². The van der Waals surface area contributed by atoms with Gasteiger partial charge < -0.3 is 15.0 Å². The lowest BCUT2D eigenvalue weighted by molar-refractivity contribution is -0.142. The van der Waals surface area contributed by atoms with Crippen LogP contribution in [0.4, 0.5) is 0 Å². The average Bonchev–Trinajstić information content (AvgIpc) is 2.58. The molecule has 1 aliphatic rings. The van der Waals surface area contributed by atoms with Crippen LogP contribution in [0.2, 0.25) is 0 Å². The lowest BCUT2D eigenvalue weighted by Gasteiger charge is -2.36. The number of hydrogen-bond donors (Lipinski definition) is 1. The molecule has 0 aliphatic carbocycles. The molecule has 2 rings (SSSR count). The first-order valence-electron chi connectivity index (χ1n) is 9.04. The van der Waals surface area contributed by atoms with Gasteiger partial charge in [-0.05, 0) is 64.2 Å². The molecule has 0 saturated carbocycles. The van der Waals surface area contributed by atoms with Gasteiger partial charge in [0, 0.05) is 18.5 Å². The second-order valence-corrected chi connectivity index (χ2v) is 7.69. The van der Waals surface area contributed by atoms with E-state index >= 15 is 0 Å². The Morgan fingerprint density at radius 2 is 2.04 bits per heavy atom. The molecular weight excluding hydrogens is 316 g/mol. The summed E-state index contributed by atoms with van der Waals surface area (Å²) in [4.78, 5) is 27.1. The maximum absolute atomic E-state index is 12.7. The quantitative estimate of drug-likeness (QED) is 0.892. The lowest BCUT2D eigenvalue weighted by atomic mass is 9.98. The van der Waals surface area contributed by atoms with Crippen molar-refractivity contribution < 1.29 is 14.3 Å². The molecule has 0 unspecified atom stereocenters. The number of rotatable bonds is 5. The van der Waals surface area contributed by atoms with Crippen LogP contribution in [0.5, 0.6) is 5.75 Å². The van der Waals surface area contributed by atoms with E-state index < -0.39 is 0 Å². The van der Waals surface area contributed by atoms with Crippen molar-refractivity contribution in [2.24, 2.45) is 0 Å². The number of carbonyl (C=O) groups is 2. The van der Waals surface area contributed by atoms with Gasteiger partial charge in [-0.25, -0.2) is 0 Å². The number of carbonyl (C=O) groups excluding carboxylic acids is 2. The molecule has 1 heterocycles. The second kappa shape index (κ2) is 8.37. The van der Waals surface area contributed by atoms with Crippen molar-refractivity contribution in [3.63, 3.8) is 0 Å². The van der Waals surface area contributed by atoms with E-state index in [1.54, 1.807) is 12.0 Å². The van der Waals surface area contributed by atoms with Gasteiger partial charge in [-0.2, -0.15) is 0 Å². The second-order valence-electron chi connectivity index (χ2n) is 7.69. The molecule has 1 aromatic carbocycles. The maximum Gasteiger partial charge on any atom is 0.243 e. The number of likely N-dealkylation sites (tertiary alicyclic amines) is 1. The van der Waals surface area contributed by atoms with E-state index in [0.29, 0.717) is 19.4 Å². The number of nitrogens with zero attached hydrogens (tertiary/aromatic N) is 1. The predicted octanol–water partition coefficient (Wildman–Crippen LogP) is 2.92. The molecule has 138 valence electrons. The molecule has 1 aliphatic heterocycles. The van der Waals surface area contributed by atoms with Crippen LogP contribution in [0.3, 0.4) is 0 Å². The number of nitrogens with one attached hydrogen (secondary N) is 1. The molecule has 5 nitrogen and oxygen atoms in total. The molecule has 0 spiro atoms. The summed E-state index contributed by atoms with van der Waals surface area (Å²) in [5.41, 5.74) is 0.782. The summed E-state index contributed by atoms with van der Waals surface area (Å²) < 4.78 is 5.22. The van der Waals surface area contributed by atoms with Crippen molar-refractivity contribution in [1.82, 2.24) is 10.2 Å². The molecule has 1 saturated heterocycles. The minimum atomic E-state index is -0.342. The fourth-order valence-electron chi connectivity index (χ4n) is 3.18. The Morgan fingerprint density at radius 1 is 1.28 bits per heavy atom. The molecule has 5 heteroatoms. The molecule has 1 aromatic rings. The highest BCUT2D eigenvalue weighted by Gasteiger charge is 2.33. The number of aryl methyl sites for hydroxylation is 1. The molecule has 0 radical (unpaired) electrons. The van der Waals surface area contributed by atoms with E-state index in [1.165, 1.54) is 0 Å². The number of amides is 2. The Labute approximate surface area is 150 Å². The van der Waals surface area contributed by atoms with Crippen molar-refractivity contribution in [2.75, 3.05) is 13.7 Å². The summed E-state index contributed by atoms with van der Waals surface area (Å²) >= 11 is 0. The monoisotopic (exact) mass is 346 g/mol. The number of benzene rings is 1. The summed E-state index contributed by atoms with van der Waals surface area (Å²) in [6.45, 7) is 6.55. The van der Waals surface area contributed by atoms with Crippen LogP contribution in [-0.4, -0.2) is 41.9 Å². The first-order chi connectivity index (χ1) is 11.8. The van der Waals surface area contributed by atoms with Crippen LogP contribution in [0.15, 0.2) is 24.3 Å². The molecule has 0 aromatic heterocycles. The standard InChI is InChI=1S/C20H30N2O3/c1-20(2,3)21-19(24)17-10-5-6-13-22(17)18(23)12-11-15-8-7-9-16(14-15)25-4/h7-9,14,17H,5-6,10-13H2,1-4H3,(H,21,24)/t17-/m0/s1. The molecule has 1 atom stereocenters. The van der Waals surface area contributed by atoms with Crippen molar-refractivity contribution >= 4 is 11.8 Å². The Kier molecular flexibility index (Phi) is 6.45. The van der Waals surface area contributed by atoms with E-state index in [4.69, 9.17) is 4.74 Å². The van der Waals surface area contributed by atoms with Crippen LogP contribution in [0.1, 0.15) is 52.0 Å². The molecule has 25 heavy (non-hydrogen) atoms. The van der Waals surface area contributed by atoms with Crippen LogP contribution < -0.4 is 10.1 Å². The number of hydrogen-bond acceptors (Lipinski definition) is 3. The predicted molar refractivity (Wildman–Crippen MR) is 98.6 cm³/mol. The van der Waals surface area contributed by atoms with Crippen molar-refractivity contribution in [3.8, 4) is 5.75 Å². The summed E-state index contributed by atoms with van der Waals surface area (Å²) in [5.74, 6) is 0.809. The van der Waals surface area contributed by atoms with Crippen LogP contribution in [0, 0.1) is 0 Å². The highest BCUT2D eigenvalue weighted by Crippen LogP contribution is 2.20. The third-order valence-corrected chi connectivity index (χ3v) is 4.39. The minimum absolute atomic E-state index is 0.0399. The summed E-state index contributed by atoms with van der Waals surface area (Å²) in [6, 6.07) is 7.43.